The van der Waals surface area contributed by atoms with Crippen molar-refractivity contribution in [2.75, 3.05) is 13.6 Å². The van der Waals surface area contributed by atoms with Gasteiger partial charge in [0.15, 0.2) is 0 Å². The van der Waals surface area contributed by atoms with Gasteiger partial charge in [0.2, 0.25) is 5.91 Å². The Hall–Kier alpha value is -2.38. The van der Waals surface area contributed by atoms with Crippen LogP contribution < -0.4 is 4.72 Å². The zero-order valence-electron chi connectivity index (χ0n) is 13.4. The summed E-state index contributed by atoms with van der Waals surface area (Å²) in [5.74, 6) is -0.0499. The fraction of sp³-hybridized carbons (Fsp3) is 0.176. The van der Waals surface area contributed by atoms with Crippen LogP contribution in [0.25, 0.3) is 0 Å². The molecule has 1 N–H and O–H groups in total. The third-order valence-electron chi connectivity index (χ3n) is 3.83. The van der Waals surface area contributed by atoms with Gasteiger partial charge >= 0.3 is 0 Å². The first-order valence-electron chi connectivity index (χ1n) is 7.52. The first kappa shape index (κ1) is 17.4. The highest BCUT2D eigenvalue weighted by atomic mass is 35.5. The Labute approximate surface area is 151 Å². The van der Waals surface area contributed by atoms with Gasteiger partial charge in [-0.05, 0) is 23.8 Å². The van der Waals surface area contributed by atoms with Gasteiger partial charge < -0.3 is 4.90 Å². The van der Waals surface area contributed by atoms with Crippen molar-refractivity contribution in [1.82, 2.24) is 9.62 Å². The van der Waals surface area contributed by atoms with Crippen molar-refractivity contribution in [2.24, 2.45) is 4.99 Å². The first-order chi connectivity index (χ1) is 11.9. The van der Waals surface area contributed by atoms with E-state index in [9.17, 15) is 13.2 Å². The van der Waals surface area contributed by atoms with E-state index >= 15 is 0 Å². The summed E-state index contributed by atoms with van der Waals surface area (Å²) in [4.78, 5) is 18.1. The van der Waals surface area contributed by atoms with Gasteiger partial charge in [-0.2, -0.15) is 0 Å². The minimum Gasteiger partial charge on any atom is -0.340 e. The number of hydrogen-bond donors (Lipinski definition) is 1. The van der Waals surface area contributed by atoms with Crippen molar-refractivity contribution in [1.29, 1.82) is 0 Å². The van der Waals surface area contributed by atoms with Crippen LogP contribution in [-0.2, 0) is 21.4 Å². The van der Waals surface area contributed by atoms with Crippen molar-refractivity contribution in [3.63, 3.8) is 0 Å². The van der Waals surface area contributed by atoms with Crippen LogP contribution in [0.1, 0.15) is 11.1 Å². The number of sulfonamides is 1. The molecule has 0 unspecified atom stereocenters. The van der Waals surface area contributed by atoms with Gasteiger partial charge in [-0.1, -0.05) is 41.9 Å². The fourth-order valence-corrected chi connectivity index (χ4v) is 3.94. The number of carbonyl (C=O) groups is 1. The molecular weight excluding hydrogens is 362 g/mol. The molecular formula is C17H16ClN3O3S. The fourth-order valence-electron chi connectivity index (χ4n) is 2.49. The first-order valence-corrected chi connectivity index (χ1v) is 9.38. The molecule has 25 heavy (non-hydrogen) atoms. The molecule has 8 heteroatoms. The predicted molar refractivity (Wildman–Crippen MR) is 96.1 cm³/mol. The summed E-state index contributed by atoms with van der Waals surface area (Å²) in [7, 11) is -1.95. The van der Waals surface area contributed by atoms with Gasteiger partial charge in [-0.25, -0.2) is 8.42 Å². The van der Waals surface area contributed by atoms with E-state index in [-0.39, 0.29) is 23.2 Å². The van der Waals surface area contributed by atoms with Gasteiger partial charge in [0.05, 0.1) is 4.90 Å². The molecule has 6 nitrogen and oxygen atoms in total. The number of nitrogens with zero attached hydrogens (tertiary/aromatic N) is 2. The van der Waals surface area contributed by atoms with E-state index in [4.69, 9.17) is 11.6 Å². The van der Waals surface area contributed by atoms with E-state index < -0.39 is 10.0 Å². The van der Waals surface area contributed by atoms with Gasteiger partial charge in [0, 0.05) is 24.2 Å². The number of fused-ring (bicyclic) bond motifs is 1. The van der Waals surface area contributed by atoms with E-state index in [0.717, 1.165) is 5.56 Å². The molecule has 130 valence electrons. The average molecular weight is 378 g/mol. The lowest BCUT2D eigenvalue weighted by molar-refractivity contribution is -0.128. The second-order valence-electron chi connectivity index (χ2n) is 5.61. The quantitative estimate of drug-likeness (QED) is 0.885. The third-order valence-corrected chi connectivity index (χ3v) is 5.59. The Bertz CT molecular complexity index is 957. The monoisotopic (exact) mass is 377 g/mol. The molecule has 0 saturated heterocycles. The second-order valence-corrected chi connectivity index (χ2v) is 7.67. The zero-order chi connectivity index (χ0) is 18.0. The maximum atomic E-state index is 12.3. The standard InChI is InChI=1S/C17H16ClN3O3S/c1-21(11-12-6-2-4-8-14(12)18)16(22)10-19-17-13-7-3-5-9-15(13)25(23,24)20-17/h2-9H,10-11H2,1H3,(H,19,20). The molecule has 0 bridgehead atoms. The largest absolute Gasteiger partial charge is 0.340 e. The summed E-state index contributed by atoms with van der Waals surface area (Å²) in [5.41, 5.74) is 1.31. The Kier molecular flexibility index (Phi) is 4.78. The number of halogens is 1. The zero-order valence-corrected chi connectivity index (χ0v) is 15.0. The molecule has 1 aliphatic heterocycles. The van der Waals surface area contributed by atoms with Gasteiger partial charge in [-0.15, -0.1) is 0 Å². The molecule has 0 radical (unpaired) electrons. The number of amides is 1. The summed E-state index contributed by atoms with van der Waals surface area (Å²) in [5, 5.41) is 0.589. The molecule has 3 rings (SSSR count). The molecule has 2 aromatic carbocycles. The summed E-state index contributed by atoms with van der Waals surface area (Å²) >= 11 is 6.10. The molecule has 0 aromatic heterocycles. The number of aliphatic imine (C=N–C) groups is 1. The van der Waals surface area contributed by atoms with E-state index in [1.165, 1.54) is 11.0 Å². The van der Waals surface area contributed by atoms with Crippen molar-refractivity contribution in [2.45, 2.75) is 11.4 Å². The normalized spacial score (nSPS) is 16.3. The molecule has 1 heterocycles. The highest BCUT2D eigenvalue weighted by molar-refractivity contribution is 7.90. The van der Waals surface area contributed by atoms with E-state index in [0.29, 0.717) is 17.1 Å². The van der Waals surface area contributed by atoms with E-state index in [1.807, 2.05) is 18.2 Å². The minimum atomic E-state index is -3.60. The third kappa shape index (κ3) is 3.67. The number of benzene rings is 2. The van der Waals surface area contributed by atoms with Crippen molar-refractivity contribution < 1.29 is 13.2 Å². The maximum absolute atomic E-state index is 12.3. The van der Waals surface area contributed by atoms with Crippen LogP contribution >= 0.6 is 11.6 Å². The smallest absolute Gasteiger partial charge is 0.263 e. The maximum Gasteiger partial charge on any atom is 0.263 e. The number of carbonyl (C=O) groups excluding carboxylic acids is 1. The lowest BCUT2D eigenvalue weighted by atomic mass is 10.2. The number of hydrogen-bond acceptors (Lipinski definition) is 4. The molecule has 1 amide bonds. The van der Waals surface area contributed by atoms with Crippen LogP contribution in [0.3, 0.4) is 0 Å². The summed E-state index contributed by atoms with van der Waals surface area (Å²) in [6, 6.07) is 13.8. The lowest BCUT2D eigenvalue weighted by Crippen LogP contribution is -2.30. The average Bonchev–Trinajstić information content (AvgIpc) is 2.86. The Morgan fingerprint density at radius 2 is 1.84 bits per heavy atom. The number of amidine groups is 1. The second kappa shape index (κ2) is 6.85. The van der Waals surface area contributed by atoms with Crippen LogP contribution in [0, 0.1) is 0 Å². The SMILES string of the molecule is CN(Cc1ccccc1Cl)C(=O)CN=C1NS(=O)(=O)c2ccccc21. The number of likely N-dealkylation sites (N-methyl/N-ethyl adjacent to an activating group) is 1. The van der Waals surface area contributed by atoms with Crippen LogP contribution in [0.5, 0.6) is 0 Å². The van der Waals surface area contributed by atoms with Crippen LogP contribution in [0.2, 0.25) is 5.02 Å². The summed E-state index contributed by atoms with van der Waals surface area (Å²) in [6.45, 7) is 0.193. The lowest BCUT2D eigenvalue weighted by Gasteiger charge is -2.17. The number of nitrogens with one attached hydrogen (secondary N) is 1. The van der Waals surface area contributed by atoms with Gasteiger partial charge in [-0.3, -0.25) is 14.5 Å². The number of rotatable bonds is 4. The molecule has 0 aliphatic carbocycles. The Morgan fingerprint density at radius 1 is 1.16 bits per heavy atom. The Balaban J connectivity index is 1.72. The molecule has 1 aliphatic rings. The van der Waals surface area contributed by atoms with Gasteiger partial charge in [0.25, 0.3) is 10.0 Å². The van der Waals surface area contributed by atoms with Crippen LogP contribution in [0.4, 0.5) is 0 Å². The van der Waals surface area contributed by atoms with Gasteiger partial charge in [0.1, 0.15) is 12.4 Å². The molecule has 0 saturated carbocycles. The van der Waals surface area contributed by atoms with Crippen molar-refractivity contribution in [3.8, 4) is 0 Å². The molecule has 0 spiro atoms. The summed E-state index contributed by atoms with van der Waals surface area (Å²) in [6.07, 6.45) is 0. The topological polar surface area (TPSA) is 78.8 Å². The van der Waals surface area contributed by atoms with Crippen LogP contribution in [-0.4, -0.2) is 38.7 Å². The molecule has 2 aromatic rings. The predicted octanol–water partition coefficient (Wildman–Crippen LogP) is 2.04. The van der Waals surface area contributed by atoms with Crippen molar-refractivity contribution in [3.05, 3.63) is 64.7 Å². The minimum absolute atomic E-state index is 0.160. The van der Waals surface area contributed by atoms with Crippen LogP contribution in [0.15, 0.2) is 58.4 Å². The van der Waals surface area contributed by atoms with E-state index in [1.54, 1.807) is 31.3 Å². The highest BCUT2D eigenvalue weighted by Gasteiger charge is 2.30. The highest BCUT2D eigenvalue weighted by Crippen LogP contribution is 2.22. The van der Waals surface area contributed by atoms with E-state index in [2.05, 4.69) is 9.71 Å². The molecule has 0 fully saturated rings. The molecule has 0 atom stereocenters. The van der Waals surface area contributed by atoms with Crippen molar-refractivity contribution >= 4 is 33.4 Å². The Morgan fingerprint density at radius 3 is 2.60 bits per heavy atom. The summed E-state index contributed by atoms with van der Waals surface area (Å²) < 4.78 is 26.4.